The van der Waals surface area contributed by atoms with E-state index < -0.39 is 29.0 Å². The Balaban J connectivity index is 2.01. The third-order valence-corrected chi connectivity index (χ3v) is 3.98. The van der Waals surface area contributed by atoms with Crippen molar-refractivity contribution in [3.63, 3.8) is 0 Å². The van der Waals surface area contributed by atoms with Crippen LogP contribution in [0.5, 0.6) is 5.75 Å². The Morgan fingerprint density at radius 3 is 2.57 bits per heavy atom. The number of methoxy groups -OCH3 is 1. The van der Waals surface area contributed by atoms with Crippen molar-refractivity contribution in [2.75, 3.05) is 12.4 Å². The summed E-state index contributed by atoms with van der Waals surface area (Å²) in [6.45, 7) is 0. The summed E-state index contributed by atoms with van der Waals surface area (Å²) in [6, 6.07) is 8.39. The van der Waals surface area contributed by atoms with Crippen LogP contribution in [0.3, 0.4) is 0 Å². The van der Waals surface area contributed by atoms with Crippen LogP contribution in [0.2, 0.25) is 0 Å². The molecule has 28 heavy (non-hydrogen) atoms. The van der Waals surface area contributed by atoms with Crippen molar-refractivity contribution in [1.82, 2.24) is 9.78 Å². The number of alkyl halides is 3. The largest absolute Gasteiger partial charge is 0.497 e. The number of aromatic nitrogens is 2. The number of hydrogen-bond donors (Lipinski definition) is 1. The van der Waals surface area contributed by atoms with Gasteiger partial charge in [-0.15, -0.1) is 0 Å². The van der Waals surface area contributed by atoms with Crippen molar-refractivity contribution in [2.24, 2.45) is 7.05 Å². The van der Waals surface area contributed by atoms with Gasteiger partial charge in [0.25, 0.3) is 5.91 Å². The standard InChI is InChI=1S/C19H15F4N3O2/c1-26-10-16(17(25-26)13-9-11(28-2)7-8-15(13)20)24-18(27)12-5-3-4-6-14(12)19(21,22)23/h3-10H,1-2H3,(H,24,27). The van der Waals surface area contributed by atoms with E-state index in [-0.39, 0.29) is 16.9 Å². The minimum atomic E-state index is -4.69. The predicted molar refractivity (Wildman–Crippen MR) is 94.6 cm³/mol. The smallest absolute Gasteiger partial charge is 0.417 e. The van der Waals surface area contributed by atoms with E-state index >= 15 is 0 Å². The second kappa shape index (κ2) is 7.34. The molecule has 0 unspecified atom stereocenters. The van der Waals surface area contributed by atoms with Crippen LogP contribution in [0.4, 0.5) is 23.2 Å². The Kier molecular flexibility index (Phi) is 5.08. The zero-order valence-electron chi connectivity index (χ0n) is 14.8. The van der Waals surface area contributed by atoms with E-state index in [0.29, 0.717) is 5.75 Å². The summed E-state index contributed by atoms with van der Waals surface area (Å²) in [7, 11) is 2.95. The van der Waals surface area contributed by atoms with Crippen molar-refractivity contribution in [3.8, 4) is 17.0 Å². The molecule has 5 nitrogen and oxygen atoms in total. The molecule has 1 amide bonds. The van der Waals surface area contributed by atoms with Crippen LogP contribution in [0.1, 0.15) is 15.9 Å². The number of halogens is 4. The second-order valence-electron chi connectivity index (χ2n) is 5.91. The fraction of sp³-hybridized carbons (Fsp3) is 0.158. The lowest BCUT2D eigenvalue weighted by Gasteiger charge is -2.13. The van der Waals surface area contributed by atoms with Gasteiger partial charge in [0.1, 0.15) is 17.3 Å². The highest BCUT2D eigenvalue weighted by Gasteiger charge is 2.35. The van der Waals surface area contributed by atoms with E-state index in [1.165, 1.54) is 48.3 Å². The molecule has 146 valence electrons. The number of benzene rings is 2. The van der Waals surface area contributed by atoms with E-state index in [0.717, 1.165) is 12.1 Å². The first-order chi connectivity index (χ1) is 13.2. The molecule has 1 heterocycles. The Morgan fingerprint density at radius 1 is 1.18 bits per heavy atom. The lowest BCUT2D eigenvalue weighted by molar-refractivity contribution is -0.137. The number of nitrogens with zero attached hydrogens (tertiary/aromatic N) is 2. The highest BCUT2D eigenvalue weighted by atomic mass is 19.4. The Labute approximate surface area is 157 Å². The number of hydrogen-bond acceptors (Lipinski definition) is 3. The molecule has 1 N–H and O–H groups in total. The third kappa shape index (κ3) is 3.83. The van der Waals surface area contributed by atoms with E-state index in [2.05, 4.69) is 10.4 Å². The highest BCUT2D eigenvalue weighted by molar-refractivity contribution is 6.07. The van der Waals surface area contributed by atoms with Crippen molar-refractivity contribution in [3.05, 3.63) is 65.6 Å². The highest BCUT2D eigenvalue weighted by Crippen LogP contribution is 2.34. The molecule has 2 aromatic carbocycles. The topological polar surface area (TPSA) is 56.1 Å². The average Bonchev–Trinajstić information content (AvgIpc) is 3.01. The minimum absolute atomic E-state index is 0.0411. The zero-order chi connectivity index (χ0) is 20.5. The first-order valence-electron chi connectivity index (χ1n) is 8.06. The number of nitrogens with one attached hydrogen (secondary N) is 1. The molecule has 3 aromatic rings. The first kappa shape index (κ1) is 19.4. The zero-order valence-corrected chi connectivity index (χ0v) is 14.8. The molecule has 0 bridgehead atoms. The lowest BCUT2D eigenvalue weighted by atomic mass is 10.1. The lowest BCUT2D eigenvalue weighted by Crippen LogP contribution is -2.18. The van der Waals surface area contributed by atoms with E-state index in [1.54, 1.807) is 7.05 Å². The maximum absolute atomic E-state index is 14.3. The number of rotatable bonds is 4. The molecule has 1 aromatic heterocycles. The van der Waals surface area contributed by atoms with Crippen LogP contribution in [-0.2, 0) is 13.2 Å². The fourth-order valence-electron chi connectivity index (χ4n) is 2.71. The molecular weight excluding hydrogens is 378 g/mol. The summed E-state index contributed by atoms with van der Waals surface area (Å²) in [5.41, 5.74) is -1.44. The SMILES string of the molecule is COc1ccc(F)c(-c2nn(C)cc2NC(=O)c2ccccc2C(F)(F)F)c1. The number of amides is 1. The summed E-state index contributed by atoms with van der Waals surface area (Å²) < 4.78 is 60.2. The molecule has 0 atom stereocenters. The van der Waals surface area contributed by atoms with Crippen molar-refractivity contribution in [2.45, 2.75) is 6.18 Å². The van der Waals surface area contributed by atoms with Gasteiger partial charge in [0.05, 0.1) is 23.9 Å². The van der Waals surface area contributed by atoms with E-state index in [9.17, 15) is 22.4 Å². The van der Waals surface area contributed by atoms with Gasteiger partial charge in [-0.3, -0.25) is 9.48 Å². The molecule has 0 radical (unpaired) electrons. The van der Waals surface area contributed by atoms with Gasteiger partial charge >= 0.3 is 6.18 Å². The average molecular weight is 393 g/mol. The number of ether oxygens (including phenoxy) is 1. The second-order valence-corrected chi connectivity index (χ2v) is 5.91. The van der Waals surface area contributed by atoms with Crippen LogP contribution in [0.15, 0.2) is 48.7 Å². The van der Waals surface area contributed by atoms with Gasteiger partial charge in [-0.2, -0.15) is 18.3 Å². The van der Waals surface area contributed by atoms with Gasteiger partial charge in [-0.1, -0.05) is 12.1 Å². The maximum Gasteiger partial charge on any atom is 0.417 e. The molecular formula is C19H15F4N3O2. The molecule has 3 rings (SSSR count). The van der Waals surface area contributed by atoms with E-state index in [4.69, 9.17) is 4.74 Å². The van der Waals surface area contributed by atoms with Gasteiger partial charge in [0, 0.05) is 18.8 Å². The molecule has 0 aliphatic carbocycles. The molecule has 0 spiro atoms. The number of carbonyl (C=O) groups is 1. The summed E-state index contributed by atoms with van der Waals surface area (Å²) in [4.78, 5) is 12.5. The molecule has 0 saturated heterocycles. The molecule has 0 fully saturated rings. The number of aryl methyl sites for hydroxylation is 1. The number of anilines is 1. The molecule has 0 saturated carbocycles. The van der Waals surface area contributed by atoms with Crippen molar-refractivity contribution >= 4 is 11.6 Å². The Hall–Kier alpha value is -3.36. The molecule has 0 aliphatic heterocycles. The van der Waals surface area contributed by atoms with Gasteiger partial charge in [0.2, 0.25) is 0 Å². The van der Waals surface area contributed by atoms with Crippen LogP contribution in [0, 0.1) is 5.82 Å². The van der Waals surface area contributed by atoms with Gasteiger partial charge in [-0.05, 0) is 30.3 Å². The normalized spacial score (nSPS) is 11.4. The Morgan fingerprint density at radius 2 is 1.89 bits per heavy atom. The van der Waals surface area contributed by atoms with Crippen LogP contribution in [0.25, 0.3) is 11.3 Å². The fourth-order valence-corrected chi connectivity index (χ4v) is 2.71. The van der Waals surface area contributed by atoms with Crippen LogP contribution >= 0.6 is 0 Å². The first-order valence-corrected chi connectivity index (χ1v) is 8.06. The quantitative estimate of drug-likeness (QED) is 0.664. The molecule has 9 heteroatoms. The summed E-state index contributed by atoms with van der Waals surface area (Å²) in [5.74, 6) is -1.24. The molecule has 0 aliphatic rings. The Bertz CT molecular complexity index is 1030. The van der Waals surface area contributed by atoms with Gasteiger partial charge in [-0.25, -0.2) is 4.39 Å². The van der Waals surface area contributed by atoms with Crippen LogP contribution < -0.4 is 10.1 Å². The summed E-state index contributed by atoms with van der Waals surface area (Å²) in [6.07, 6.45) is -3.31. The third-order valence-electron chi connectivity index (χ3n) is 3.98. The van der Waals surface area contributed by atoms with Crippen LogP contribution in [-0.4, -0.2) is 22.8 Å². The number of carbonyl (C=O) groups excluding carboxylic acids is 1. The van der Waals surface area contributed by atoms with Gasteiger partial charge < -0.3 is 10.1 Å². The van der Waals surface area contributed by atoms with E-state index in [1.807, 2.05) is 0 Å². The summed E-state index contributed by atoms with van der Waals surface area (Å²) in [5, 5.41) is 6.51. The van der Waals surface area contributed by atoms with Gasteiger partial charge in [0.15, 0.2) is 0 Å². The van der Waals surface area contributed by atoms with Crippen molar-refractivity contribution in [1.29, 1.82) is 0 Å². The van der Waals surface area contributed by atoms with Crippen molar-refractivity contribution < 1.29 is 27.1 Å². The predicted octanol–water partition coefficient (Wildman–Crippen LogP) is 4.51. The maximum atomic E-state index is 14.3. The monoisotopic (exact) mass is 393 g/mol. The minimum Gasteiger partial charge on any atom is -0.497 e. The summed E-state index contributed by atoms with van der Waals surface area (Å²) >= 11 is 0.